The molecule has 0 saturated heterocycles. The average molecular weight is 359 g/mol. The van der Waals surface area contributed by atoms with Crippen molar-refractivity contribution in [3.63, 3.8) is 0 Å². The lowest BCUT2D eigenvalue weighted by Crippen LogP contribution is -2.37. The van der Waals surface area contributed by atoms with Crippen LogP contribution in [-0.2, 0) is 13.0 Å². The fourth-order valence-corrected chi connectivity index (χ4v) is 3.12. The summed E-state index contributed by atoms with van der Waals surface area (Å²) in [6, 6.07) is 3.98. The van der Waals surface area contributed by atoms with Crippen molar-refractivity contribution in [2.24, 2.45) is 10.9 Å². The number of guanidine groups is 1. The summed E-state index contributed by atoms with van der Waals surface area (Å²) in [6.07, 6.45) is 7.17. The van der Waals surface area contributed by atoms with Gasteiger partial charge in [-0.15, -0.1) is 11.3 Å². The number of thiazole rings is 1. The maximum Gasteiger partial charge on any atom is 0.213 e. The van der Waals surface area contributed by atoms with Crippen molar-refractivity contribution in [3.05, 3.63) is 40.0 Å². The monoisotopic (exact) mass is 359 g/mol. The zero-order chi connectivity index (χ0) is 17.5. The van der Waals surface area contributed by atoms with E-state index in [1.807, 2.05) is 18.3 Å². The SMILES string of the molecule is CN=C(NCCc1ncc(C)s1)NCc1ccnc(OCC2CC2)c1. The molecular weight excluding hydrogens is 334 g/mol. The molecule has 0 atom stereocenters. The maximum absolute atomic E-state index is 5.73. The van der Waals surface area contributed by atoms with Gasteiger partial charge in [0.15, 0.2) is 5.96 Å². The molecule has 7 heteroatoms. The molecule has 0 aliphatic heterocycles. The summed E-state index contributed by atoms with van der Waals surface area (Å²) < 4.78 is 5.73. The quantitative estimate of drug-likeness (QED) is 0.560. The first-order valence-corrected chi connectivity index (χ1v) is 9.48. The Hall–Kier alpha value is -2.15. The van der Waals surface area contributed by atoms with Crippen LogP contribution in [0, 0.1) is 12.8 Å². The molecule has 0 spiro atoms. The lowest BCUT2D eigenvalue weighted by atomic mass is 10.2. The van der Waals surface area contributed by atoms with Gasteiger partial charge in [-0.05, 0) is 37.3 Å². The van der Waals surface area contributed by atoms with Gasteiger partial charge in [-0.25, -0.2) is 9.97 Å². The van der Waals surface area contributed by atoms with E-state index in [0.717, 1.165) is 42.0 Å². The Morgan fingerprint density at radius 1 is 1.36 bits per heavy atom. The van der Waals surface area contributed by atoms with Gasteiger partial charge in [0.05, 0.1) is 11.6 Å². The first-order valence-electron chi connectivity index (χ1n) is 8.66. The van der Waals surface area contributed by atoms with Crippen molar-refractivity contribution in [2.45, 2.75) is 32.7 Å². The van der Waals surface area contributed by atoms with Crippen LogP contribution in [0.1, 0.15) is 28.3 Å². The molecule has 1 fully saturated rings. The van der Waals surface area contributed by atoms with Crippen molar-refractivity contribution in [1.29, 1.82) is 0 Å². The van der Waals surface area contributed by atoms with E-state index >= 15 is 0 Å². The number of aryl methyl sites for hydroxylation is 1. The predicted octanol–water partition coefficient (Wildman–Crippen LogP) is 2.54. The highest BCUT2D eigenvalue weighted by atomic mass is 32.1. The minimum absolute atomic E-state index is 0.679. The molecule has 2 aromatic heterocycles. The van der Waals surface area contributed by atoms with Crippen LogP contribution in [0.5, 0.6) is 5.88 Å². The normalized spacial score (nSPS) is 14.4. The van der Waals surface area contributed by atoms with Crippen molar-refractivity contribution >= 4 is 17.3 Å². The fourth-order valence-electron chi connectivity index (χ4n) is 2.34. The number of nitrogens with zero attached hydrogens (tertiary/aromatic N) is 3. The zero-order valence-corrected chi connectivity index (χ0v) is 15.6. The van der Waals surface area contributed by atoms with Gasteiger partial charge >= 0.3 is 0 Å². The Morgan fingerprint density at radius 2 is 2.24 bits per heavy atom. The molecule has 6 nitrogen and oxygen atoms in total. The molecule has 0 unspecified atom stereocenters. The molecule has 25 heavy (non-hydrogen) atoms. The van der Waals surface area contributed by atoms with Gasteiger partial charge in [-0.3, -0.25) is 4.99 Å². The summed E-state index contributed by atoms with van der Waals surface area (Å²) in [5, 5.41) is 7.78. The summed E-state index contributed by atoms with van der Waals surface area (Å²) >= 11 is 1.74. The van der Waals surface area contributed by atoms with Gasteiger partial charge in [0.1, 0.15) is 0 Å². The minimum Gasteiger partial charge on any atom is -0.477 e. The van der Waals surface area contributed by atoms with E-state index in [1.54, 1.807) is 24.6 Å². The smallest absolute Gasteiger partial charge is 0.213 e. The second kappa shape index (κ2) is 8.80. The van der Waals surface area contributed by atoms with Gasteiger partial charge in [-0.1, -0.05) is 0 Å². The van der Waals surface area contributed by atoms with Crippen LogP contribution in [0.3, 0.4) is 0 Å². The standard InChI is InChI=1S/C18H25N5OS/c1-13-10-22-17(25-13)6-8-21-18(19-2)23-11-15-5-7-20-16(9-15)24-12-14-3-4-14/h5,7,9-10,14H,3-4,6,8,11-12H2,1-2H3,(H2,19,21,23). The molecule has 0 aromatic carbocycles. The zero-order valence-electron chi connectivity index (χ0n) is 14.8. The summed E-state index contributed by atoms with van der Waals surface area (Å²) in [5.74, 6) is 2.21. The lowest BCUT2D eigenvalue weighted by Gasteiger charge is -2.12. The third-order valence-corrected chi connectivity index (χ3v) is 4.92. The van der Waals surface area contributed by atoms with Crippen LogP contribution in [0.25, 0.3) is 0 Å². The molecule has 3 rings (SSSR count). The van der Waals surface area contributed by atoms with Gasteiger partial charge in [0.2, 0.25) is 5.88 Å². The van der Waals surface area contributed by atoms with Crippen LogP contribution >= 0.6 is 11.3 Å². The van der Waals surface area contributed by atoms with Crippen LogP contribution in [0.4, 0.5) is 0 Å². The topological polar surface area (TPSA) is 71.4 Å². The summed E-state index contributed by atoms with van der Waals surface area (Å²) in [7, 11) is 1.78. The van der Waals surface area contributed by atoms with Crippen LogP contribution < -0.4 is 15.4 Å². The largest absolute Gasteiger partial charge is 0.477 e. The molecule has 1 aliphatic carbocycles. The second-order valence-electron chi connectivity index (χ2n) is 6.22. The molecule has 0 amide bonds. The summed E-state index contributed by atoms with van der Waals surface area (Å²) in [4.78, 5) is 14.1. The van der Waals surface area contributed by atoms with Crippen LogP contribution in [0.2, 0.25) is 0 Å². The minimum atomic E-state index is 0.679. The Balaban J connectivity index is 1.41. The van der Waals surface area contributed by atoms with Gasteiger partial charge in [0.25, 0.3) is 0 Å². The van der Waals surface area contributed by atoms with Gasteiger partial charge in [-0.2, -0.15) is 0 Å². The van der Waals surface area contributed by atoms with E-state index in [9.17, 15) is 0 Å². The van der Waals surface area contributed by atoms with E-state index in [0.29, 0.717) is 12.4 Å². The van der Waals surface area contributed by atoms with E-state index in [1.165, 1.54) is 17.7 Å². The number of aliphatic imine (C=N–C) groups is 1. The average Bonchev–Trinajstić information content (AvgIpc) is 3.37. The predicted molar refractivity (Wildman–Crippen MR) is 101 cm³/mol. The van der Waals surface area contributed by atoms with Gasteiger partial charge < -0.3 is 15.4 Å². The van der Waals surface area contributed by atoms with Crippen molar-refractivity contribution < 1.29 is 4.74 Å². The molecule has 134 valence electrons. The first-order chi connectivity index (χ1) is 12.2. The number of ether oxygens (including phenoxy) is 1. The van der Waals surface area contributed by atoms with E-state index < -0.39 is 0 Å². The maximum atomic E-state index is 5.73. The number of rotatable bonds is 8. The van der Waals surface area contributed by atoms with E-state index in [4.69, 9.17) is 4.74 Å². The Morgan fingerprint density at radius 3 is 2.96 bits per heavy atom. The van der Waals surface area contributed by atoms with E-state index in [-0.39, 0.29) is 0 Å². The molecule has 0 bridgehead atoms. The van der Waals surface area contributed by atoms with Crippen LogP contribution in [-0.4, -0.2) is 36.1 Å². The number of pyridine rings is 1. The van der Waals surface area contributed by atoms with Crippen molar-refractivity contribution in [3.8, 4) is 5.88 Å². The van der Waals surface area contributed by atoms with E-state index in [2.05, 4.69) is 32.5 Å². The number of hydrogen-bond acceptors (Lipinski definition) is 5. The molecule has 2 aromatic rings. The Labute approximate surface area is 152 Å². The molecule has 0 radical (unpaired) electrons. The second-order valence-corrected chi connectivity index (χ2v) is 7.54. The Kier molecular flexibility index (Phi) is 6.22. The summed E-state index contributed by atoms with van der Waals surface area (Å²) in [6.45, 7) is 4.34. The first kappa shape index (κ1) is 17.7. The molecule has 2 heterocycles. The fraction of sp³-hybridized carbons (Fsp3) is 0.500. The molecule has 1 aliphatic rings. The Bertz CT molecular complexity index is 711. The van der Waals surface area contributed by atoms with Gasteiger partial charge in [0, 0.05) is 49.9 Å². The summed E-state index contributed by atoms with van der Waals surface area (Å²) in [5.41, 5.74) is 1.12. The van der Waals surface area contributed by atoms with Crippen LogP contribution in [0.15, 0.2) is 29.5 Å². The molecule has 1 saturated carbocycles. The van der Waals surface area contributed by atoms with Crippen molar-refractivity contribution in [2.75, 3.05) is 20.2 Å². The molecular formula is C18H25N5OS. The third-order valence-electron chi connectivity index (χ3n) is 3.95. The highest BCUT2D eigenvalue weighted by Crippen LogP contribution is 2.29. The highest BCUT2D eigenvalue weighted by molar-refractivity contribution is 7.11. The number of aromatic nitrogens is 2. The third kappa shape index (κ3) is 6.01. The lowest BCUT2D eigenvalue weighted by molar-refractivity contribution is 0.288. The highest BCUT2D eigenvalue weighted by Gasteiger charge is 2.22. The number of hydrogen-bond donors (Lipinski definition) is 2. The molecule has 2 N–H and O–H groups in total. The number of nitrogens with one attached hydrogen (secondary N) is 2. The van der Waals surface area contributed by atoms with Crippen molar-refractivity contribution in [1.82, 2.24) is 20.6 Å².